The zero-order valence-electron chi connectivity index (χ0n) is 17.9. The lowest BCUT2D eigenvalue weighted by molar-refractivity contribution is -0.141. The highest BCUT2D eigenvalue weighted by atomic mass is 35.5. The number of nitrogens with zero attached hydrogens (tertiary/aromatic N) is 1. The Kier molecular flexibility index (Phi) is 8.79. The summed E-state index contributed by atoms with van der Waals surface area (Å²) in [5.41, 5.74) is 1.87. The predicted molar refractivity (Wildman–Crippen MR) is 126 cm³/mol. The normalized spacial score (nSPS) is 15.3. The second-order valence-electron chi connectivity index (χ2n) is 8.26. The number of carbonyl (C=O) groups is 2. The Morgan fingerprint density at radius 2 is 1.77 bits per heavy atom. The van der Waals surface area contributed by atoms with Crippen molar-refractivity contribution in [1.29, 1.82) is 0 Å². The van der Waals surface area contributed by atoms with Crippen LogP contribution in [0.4, 0.5) is 0 Å². The van der Waals surface area contributed by atoms with E-state index in [4.69, 9.17) is 23.2 Å². The first-order valence-electron chi connectivity index (χ1n) is 11.0. The van der Waals surface area contributed by atoms with Crippen LogP contribution in [0, 0.1) is 0 Å². The van der Waals surface area contributed by atoms with Crippen LogP contribution in [-0.4, -0.2) is 28.8 Å². The Morgan fingerprint density at radius 3 is 2.45 bits per heavy atom. The second kappa shape index (κ2) is 11.5. The van der Waals surface area contributed by atoms with Crippen LogP contribution in [-0.2, 0) is 22.6 Å². The fourth-order valence-corrected chi connectivity index (χ4v) is 4.49. The zero-order chi connectivity index (χ0) is 22.2. The van der Waals surface area contributed by atoms with Gasteiger partial charge in [0.1, 0.15) is 6.04 Å². The molecular formula is C25H30Cl2N2O2. The summed E-state index contributed by atoms with van der Waals surface area (Å²) in [5, 5.41) is 4.18. The predicted octanol–water partition coefficient (Wildman–Crippen LogP) is 5.79. The smallest absolute Gasteiger partial charge is 0.242 e. The average Bonchev–Trinajstić information content (AvgIpc) is 2.78. The first-order chi connectivity index (χ1) is 14.9. The molecule has 1 aliphatic carbocycles. The molecule has 0 aliphatic heterocycles. The molecule has 0 bridgehead atoms. The summed E-state index contributed by atoms with van der Waals surface area (Å²) in [6.07, 6.45) is 6.46. The number of aryl methyl sites for hydroxylation is 1. The van der Waals surface area contributed by atoms with Gasteiger partial charge >= 0.3 is 0 Å². The molecule has 1 N–H and O–H groups in total. The SMILES string of the molecule is C[C@@H](C(=O)NC1CCCCC1)N(Cc1ccc(Cl)cc1Cl)C(=O)CCc1ccccc1. The van der Waals surface area contributed by atoms with Gasteiger partial charge in [0.25, 0.3) is 0 Å². The molecule has 2 amide bonds. The minimum atomic E-state index is -0.586. The van der Waals surface area contributed by atoms with Crippen molar-refractivity contribution in [3.63, 3.8) is 0 Å². The summed E-state index contributed by atoms with van der Waals surface area (Å²) in [6.45, 7) is 2.06. The quantitative estimate of drug-likeness (QED) is 0.541. The van der Waals surface area contributed by atoms with Gasteiger partial charge in [-0.3, -0.25) is 9.59 Å². The highest BCUT2D eigenvalue weighted by Gasteiger charge is 2.28. The first-order valence-corrected chi connectivity index (χ1v) is 11.8. The topological polar surface area (TPSA) is 49.4 Å². The molecule has 1 aliphatic rings. The Hall–Kier alpha value is -2.04. The van der Waals surface area contributed by atoms with Gasteiger partial charge in [-0.05, 0) is 49.4 Å². The molecule has 31 heavy (non-hydrogen) atoms. The van der Waals surface area contributed by atoms with Gasteiger partial charge in [-0.15, -0.1) is 0 Å². The molecule has 0 unspecified atom stereocenters. The maximum absolute atomic E-state index is 13.2. The van der Waals surface area contributed by atoms with Gasteiger partial charge in [0.15, 0.2) is 0 Å². The van der Waals surface area contributed by atoms with Crippen LogP contribution in [0.3, 0.4) is 0 Å². The van der Waals surface area contributed by atoms with Crippen LogP contribution < -0.4 is 5.32 Å². The molecule has 6 heteroatoms. The van der Waals surface area contributed by atoms with Gasteiger partial charge < -0.3 is 10.2 Å². The summed E-state index contributed by atoms with van der Waals surface area (Å²) in [5.74, 6) is -0.175. The largest absolute Gasteiger partial charge is 0.352 e. The van der Waals surface area contributed by atoms with Crippen LogP contribution in [0.1, 0.15) is 56.6 Å². The van der Waals surface area contributed by atoms with Gasteiger partial charge in [-0.25, -0.2) is 0 Å². The van der Waals surface area contributed by atoms with Crippen LogP contribution in [0.5, 0.6) is 0 Å². The first kappa shape index (κ1) is 23.6. The summed E-state index contributed by atoms with van der Waals surface area (Å²) in [7, 11) is 0. The van der Waals surface area contributed by atoms with Gasteiger partial charge in [0.05, 0.1) is 0 Å². The van der Waals surface area contributed by atoms with Crippen molar-refractivity contribution in [3.8, 4) is 0 Å². The minimum Gasteiger partial charge on any atom is -0.352 e. The van der Waals surface area contributed by atoms with Crippen LogP contribution >= 0.6 is 23.2 Å². The Bertz CT molecular complexity index is 882. The molecule has 1 saturated carbocycles. The van der Waals surface area contributed by atoms with Crippen LogP contribution in [0.25, 0.3) is 0 Å². The molecule has 3 rings (SSSR count). The number of amides is 2. The number of halogens is 2. The molecular weight excluding hydrogens is 431 g/mol. The molecule has 0 heterocycles. The summed E-state index contributed by atoms with van der Waals surface area (Å²) in [6, 6.07) is 14.7. The fourth-order valence-electron chi connectivity index (χ4n) is 4.02. The van der Waals surface area contributed by atoms with Crippen molar-refractivity contribution in [2.45, 2.75) is 70.5 Å². The van der Waals surface area contributed by atoms with Crippen molar-refractivity contribution in [1.82, 2.24) is 10.2 Å². The molecule has 166 valence electrons. The lowest BCUT2D eigenvalue weighted by atomic mass is 9.95. The van der Waals surface area contributed by atoms with Gasteiger partial charge in [0, 0.05) is 29.1 Å². The molecule has 1 fully saturated rings. The lowest BCUT2D eigenvalue weighted by Crippen LogP contribution is -2.50. The zero-order valence-corrected chi connectivity index (χ0v) is 19.5. The number of carbonyl (C=O) groups excluding carboxylic acids is 2. The summed E-state index contributed by atoms with van der Waals surface area (Å²) >= 11 is 12.4. The van der Waals surface area contributed by atoms with Crippen LogP contribution in [0.15, 0.2) is 48.5 Å². The molecule has 2 aromatic rings. The number of nitrogens with one attached hydrogen (secondary N) is 1. The van der Waals surface area contributed by atoms with E-state index in [-0.39, 0.29) is 24.4 Å². The third kappa shape index (κ3) is 6.98. The fraction of sp³-hybridized carbons (Fsp3) is 0.440. The highest BCUT2D eigenvalue weighted by molar-refractivity contribution is 6.35. The number of hydrogen-bond donors (Lipinski definition) is 1. The third-order valence-corrected chi connectivity index (χ3v) is 6.53. The van der Waals surface area contributed by atoms with Crippen molar-refractivity contribution in [3.05, 3.63) is 69.7 Å². The molecule has 1 atom stereocenters. The van der Waals surface area contributed by atoms with E-state index in [0.717, 1.165) is 36.8 Å². The van der Waals surface area contributed by atoms with E-state index in [1.54, 1.807) is 24.0 Å². The Balaban J connectivity index is 1.73. The van der Waals surface area contributed by atoms with Gasteiger partial charge in [-0.1, -0.05) is 78.9 Å². The number of benzene rings is 2. The van der Waals surface area contributed by atoms with Crippen molar-refractivity contribution < 1.29 is 9.59 Å². The van der Waals surface area contributed by atoms with E-state index in [9.17, 15) is 9.59 Å². The van der Waals surface area contributed by atoms with E-state index in [2.05, 4.69) is 5.32 Å². The minimum absolute atomic E-state index is 0.0684. The van der Waals surface area contributed by atoms with Gasteiger partial charge in [0.2, 0.25) is 11.8 Å². The standard InChI is InChI=1S/C25H30Cl2N2O2/c1-18(25(31)28-22-10-6-3-7-11-22)29(17-20-13-14-21(26)16-23(20)27)24(30)15-12-19-8-4-2-5-9-19/h2,4-5,8-9,13-14,16,18,22H,3,6-7,10-12,15,17H2,1H3,(H,28,31)/t18-/m0/s1. The molecule has 0 spiro atoms. The van der Waals surface area contributed by atoms with E-state index in [0.29, 0.717) is 22.9 Å². The summed E-state index contributed by atoms with van der Waals surface area (Å²) < 4.78 is 0. The van der Waals surface area contributed by atoms with Crippen LogP contribution in [0.2, 0.25) is 10.0 Å². The van der Waals surface area contributed by atoms with E-state index in [1.807, 2.05) is 36.4 Å². The Morgan fingerprint density at radius 1 is 1.06 bits per heavy atom. The lowest BCUT2D eigenvalue weighted by Gasteiger charge is -2.31. The molecule has 4 nitrogen and oxygen atoms in total. The van der Waals surface area contributed by atoms with E-state index >= 15 is 0 Å². The monoisotopic (exact) mass is 460 g/mol. The number of hydrogen-bond acceptors (Lipinski definition) is 2. The maximum atomic E-state index is 13.2. The van der Waals surface area contributed by atoms with E-state index < -0.39 is 6.04 Å². The second-order valence-corrected chi connectivity index (χ2v) is 9.11. The molecule has 0 aromatic heterocycles. The number of rotatable bonds is 8. The average molecular weight is 461 g/mol. The molecule has 0 saturated heterocycles. The molecule has 0 radical (unpaired) electrons. The van der Waals surface area contributed by atoms with Crippen molar-refractivity contribution >= 4 is 35.0 Å². The highest BCUT2D eigenvalue weighted by Crippen LogP contribution is 2.24. The Labute approximate surface area is 194 Å². The molecule has 2 aromatic carbocycles. The van der Waals surface area contributed by atoms with Crippen molar-refractivity contribution in [2.24, 2.45) is 0 Å². The van der Waals surface area contributed by atoms with Crippen molar-refractivity contribution in [2.75, 3.05) is 0 Å². The summed E-state index contributed by atoms with van der Waals surface area (Å²) in [4.78, 5) is 27.9. The van der Waals surface area contributed by atoms with Gasteiger partial charge in [-0.2, -0.15) is 0 Å². The maximum Gasteiger partial charge on any atom is 0.242 e. The third-order valence-electron chi connectivity index (χ3n) is 5.95. The van der Waals surface area contributed by atoms with E-state index in [1.165, 1.54) is 6.42 Å².